The molecule has 2 aromatic rings. The van der Waals surface area contributed by atoms with Gasteiger partial charge < -0.3 is 14.6 Å². The van der Waals surface area contributed by atoms with Gasteiger partial charge in [-0.2, -0.15) is 0 Å². The molecule has 0 spiro atoms. The van der Waals surface area contributed by atoms with Gasteiger partial charge in [0.2, 0.25) is 0 Å². The minimum atomic E-state index is -1.47. The van der Waals surface area contributed by atoms with E-state index in [-0.39, 0.29) is 18.9 Å². The Bertz CT molecular complexity index is 799. The van der Waals surface area contributed by atoms with Gasteiger partial charge in [-0.15, -0.1) is 6.58 Å². The van der Waals surface area contributed by atoms with Crippen molar-refractivity contribution < 1.29 is 24.2 Å². The van der Waals surface area contributed by atoms with E-state index < -0.39 is 17.4 Å². The standard InChI is InChI=1S/C20H18O5/c1-2-15-12-20(15,18(21)22)19(23)24-13-14-7-6-10-17(11-14)25-16-8-4-3-5-9-16/h2-11,15H,1,12-13H2,(H,21,22). The Balaban J connectivity index is 1.64. The monoisotopic (exact) mass is 338 g/mol. The third kappa shape index (κ3) is 3.40. The van der Waals surface area contributed by atoms with Crippen LogP contribution < -0.4 is 4.74 Å². The van der Waals surface area contributed by atoms with E-state index in [2.05, 4.69) is 6.58 Å². The van der Waals surface area contributed by atoms with Crippen molar-refractivity contribution in [2.45, 2.75) is 13.0 Å². The van der Waals surface area contributed by atoms with E-state index in [0.717, 1.165) is 5.56 Å². The molecular weight excluding hydrogens is 320 g/mol. The number of carbonyl (C=O) groups excluding carboxylic acids is 1. The largest absolute Gasteiger partial charge is 0.480 e. The Morgan fingerprint density at radius 1 is 1.16 bits per heavy atom. The molecular formula is C20H18O5. The predicted octanol–water partition coefficient (Wildman–Crippen LogP) is 3.80. The highest BCUT2D eigenvalue weighted by atomic mass is 16.5. The van der Waals surface area contributed by atoms with Crippen molar-refractivity contribution in [2.24, 2.45) is 11.3 Å². The molecule has 5 heteroatoms. The molecule has 1 aliphatic rings. The van der Waals surface area contributed by atoms with Gasteiger partial charge in [0, 0.05) is 5.92 Å². The third-order valence-corrected chi connectivity index (χ3v) is 4.29. The van der Waals surface area contributed by atoms with E-state index in [4.69, 9.17) is 9.47 Å². The highest BCUT2D eigenvalue weighted by Gasteiger charge is 2.66. The minimum absolute atomic E-state index is 0.0102. The third-order valence-electron chi connectivity index (χ3n) is 4.29. The van der Waals surface area contributed by atoms with E-state index in [1.807, 2.05) is 30.3 Å². The Kier molecular flexibility index (Phi) is 4.57. The van der Waals surface area contributed by atoms with Crippen LogP contribution >= 0.6 is 0 Å². The Labute approximate surface area is 145 Å². The molecule has 0 aromatic heterocycles. The maximum atomic E-state index is 12.2. The molecule has 0 radical (unpaired) electrons. The molecule has 0 heterocycles. The number of para-hydroxylation sites is 1. The van der Waals surface area contributed by atoms with Gasteiger partial charge in [-0.3, -0.25) is 9.59 Å². The van der Waals surface area contributed by atoms with Crippen LogP contribution in [0.5, 0.6) is 11.5 Å². The number of esters is 1. The van der Waals surface area contributed by atoms with Crippen molar-refractivity contribution in [2.75, 3.05) is 0 Å². The van der Waals surface area contributed by atoms with Crippen LogP contribution in [0.2, 0.25) is 0 Å². The van der Waals surface area contributed by atoms with Crippen molar-refractivity contribution >= 4 is 11.9 Å². The van der Waals surface area contributed by atoms with Gasteiger partial charge in [0.1, 0.15) is 18.1 Å². The number of carbonyl (C=O) groups is 2. The van der Waals surface area contributed by atoms with Gasteiger partial charge in [-0.1, -0.05) is 36.4 Å². The molecule has 0 saturated heterocycles. The fourth-order valence-corrected chi connectivity index (χ4v) is 2.74. The summed E-state index contributed by atoms with van der Waals surface area (Å²) in [5.74, 6) is -0.940. The molecule has 2 unspecified atom stereocenters. The quantitative estimate of drug-likeness (QED) is 0.472. The van der Waals surface area contributed by atoms with Gasteiger partial charge in [0.15, 0.2) is 5.41 Å². The number of benzene rings is 2. The summed E-state index contributed by atoms with van der Waals surface area (Å²) in [4.78, 5) is 23.6. The number of hydrogen-bond donors (Lipinski definition) is 1. The summed E-state index contributed by atoms with van der Waals surface area (Å²) in [7, 11) is 0. The first-order valence-corrected chi connectivity index (χ1v) is 7.91. The minimum Gasteiger partial charge on any atom is -0.480 e. The summed E-state index contributed by atoms with van der Waals surface area (Å²) in [6, 6.07) is 16.5. The number of carboxylic acid groups (broad SMARTS) is 1. The van der Waals surface area contributed by atoms with Crippen molar-refractivity contribution in [3.63, 3.8) is 0 Å². The summed E-state index contributed by atoms with van der Waals surface area (Å²) >= 11 is 0. The van der Waals surface area contributed by atoms with Gasteiger partial charge in [0.25, 0.3) is 0 Å². The van der Waals surface area contributed by atoms with E-state index in [1.165, 1.54) is 6.08 Å². The first-order valence-electron chi connectivity index (χ1n) is 7.91. The topological polar surface area (TPSA) is 72.8 Å². The first-order chi connectivity index (χ1) is 12.1. The molecule has 1 saturated carbocycles. The average molecular weight is 338 g/mol. The van der Waals surface area contributed by atoms with Crippen LogP contribution in [0, 0.1) is 11.3 Å². The SMILES string of the molecule is C=CC1CC1(C(=O)O)C(=O)OCc1cccc(Oc2ccccc2)c1. The molecule has 25 heavy (non-hydrogen) atoms. The summed E-state index contributed by atoms with van der Waals surface area (Å²) in [5, 5.41) is 9.31. The second-order valence-corrected chi connectivity index (χ2v) is 5.96. The van der Waals surface area contributed by atoms with E-state index in [1.54, 1.807) is 24.3 Å². The van der Waals surface area contributed by atoms with Crippen molar-refractivity contribution in [3.8, 4) is 11.5 Å². The number of hydrogen-bond acceptors (Lipinski definition) is 4. The van der Waals surface area contributed by atoms with Gasteiger partial charge in [-0.25, -0.2) is 0 Å². The smallest absolute Gasteiger partial charge is 0.324 e. The molecule has 128 valence electrons. The summed E-state index contributed by atoms with van der Waals surface area (Å²) in [6.45, 7) is 3.55. The molecule has 3 rings (SSSR count). The molecule has 0 bridgehead atoms. The zero-order valence-electron chi connectivity index (χ0n) is 13.6. The highest BCUT2D eigenvalue weighted by molar-refractivity contribution is 6.03. The zero-order chi connectivity index (χ0) is 17.9. The van der Waals surface area contributed by atoms with Crippen LogP contribution in [0.1, 0.15) is 12.0 Å². The molecule has 2 aromatic carbocycles. The molecule has 0 amide bonds. The molecule has 1 fully saturated rings. The molecule has 1 aliphatic carbocycles. The maximum Gasteiger partial charge on any atom is 0.324 e. The van der Waals surface area contributed by atoms with E-state index in [9.17, 15) is 14.7 Å². The fourth-order valence-electron chi connectivity index (χ4n) is 2.74. The number of rotatable bonds is 7. The molecule has 0 aliphatic heterocycles. The Morgan fingerprint density at radius 3 is 2.52 bits per heavy atom. The van der Waals surface area contributed by atoms with Crippen LogP contribution in [0.3, 0.4) is 0 Å². The van der Waals surface area contributed by atoms with Crippen LogP contribution in [0.25, 0.3) is 0 Å². The lowest BCUT2D eigenvalue weighted by Gasteiger charge is -2.12. The lowest BCUT2D eigenvalue weighted by atomic mass is 10.0. The number of allylic oxidation sites excluding steroid dienone is 1. The molecule has 5 nitrogen and oxygen atoms in total. The summed E-state index contributed by atoms with van der Waals surface area (Å²) in [6.07, 6.45) is 1.73. The predicted molar refractivity (Wildman–Crippen MR) is 91.1 cm³/mol. The lowest BCUT2D eigenvalue weighted by molar-refractivity contribution is -0.162. The maximum absolute atomic E-state index is 12.2. The Hall–Kier alpha value is -3.08. The van der Waals surface area contributed by atoms with Crippen LogP contribution in [-0.4, -0.2) is 17.0 Å². The van der Waals surface area contributed by atoms with E-state index >= 15 is 0 Å². The number of aliphatic carboxylic acids is 1. The van der Waals surface area contributed by atoms with Crippen LogP contribution in [-0.2, 0) is 20.9 Å². The van der Waals surface area contributed by atoms with Crippen molar-refractivity contribution in [3.05, 3.63) is 72.8 Å². The lowest BCUT2D eigenvalue weighted by Crippen LogP contribution is -2.29. The summed E-state index contributed by atoms with van der Waals surface area (Å²) in [5.41, 5.74) is -0.752. The first kappa shape index (κ1) is 16.8. The second kappa shape index (κ2) is 6.81. The van der Waals surface area contributed by atoms with Crippen molar-refractivity contribution in [1.29, 1.82) is 0 Å². The molecule has 2 atom stereocenters. The zero-order valence-corrected chi connectivity index (χ0v) is 13.6. The van der Waals surface area contributed by atoms with Crippen LogP contribution in [0.4, 0.5) is 0 Å². The van der Waals surface area contributed by atoms with Crippen molar-refractivity contribution in [1.82, 2.24) is 0 Å². The fraction of sp³-hybridized carbons (Fsp3) is 0.200. The summed E-state index contributed by atoms with van der Waals surface area (Å²) < 4.78 is 11.0. The van der Waals surface area contributed by atoms with Crippen LogP contribution in [0.15, 0.2) is 67.3 Å². The normalized spacial score (nSPS) is 21.2. The highest BCUT2D eigenvalue weighted by Crippen LogP contribution is 2.54. The van der Waals surface area contributed by atoms with E-state index in [0.29, 0.717) is 11.5 Å². The Morgan fingerprint density at radius 2 is 1.88 bits per heavy atom. The molecule has 1 N–H and O–H groups in total. The van der Waals surface area contributed by atoms with Gasteiger partial charge in [0.05, 0.1) is 0 Å². The van der Waals surface area contributed by atoms with Gasteiger partial charge >= 0.3 is 11.9 Å². The number of carboxylic acids is 1. The average Bonchev–Trinajstić information content (AvgIpc) is 3.37. The second-order valence-electron chi connectivity index (χ2n) is 5.96. The number of ether oxygens (including phenoxy) is 2. The van der Waals surface area contributed by atoms with Gasteiger partial charge in [-0.05, 0) is 36.2 Å².